The van der Waals surface area contributed by atoms with E-state index in [1.165, 1.54) is 4.90 Å². The van der Waals surface area contributed by atoms with Gasteiger partial charge >= 0.3 is 5.97 Å². The van der Waals surface area contributed by atoms with Gasteiger partial charge in [-0.2, -0.15) is 0 Å². The number of nitrogens with two attached hydrogens (primary N) is 1. The number of nitrogens with zero attached hydrogens (tertiary/aromatic N) is 1. The van der Waals surface area contributed by atoms with E-state index >= 15 is 0 Å². The second-order valence-electron chi connectivity index (χ2n) is 13.5. The van der Waals surface area contributed by atoms with Crippen molar-refractivity contribution in [3.05, 3.63) is 0 Å². The number of unbranched alkanes of at least 4 members (excludes halogenated alkanes) is 3. The first-order chi connectivity index (χ1) is 19.5. The standard InChI is InChI=1S/C30H59N7O4/c1-22-26(38)16-25(37-15-14-33-21-37)24(36-22)10-9-23(19-32-3)8-6-4-5-7-11-30(41,18-28(39)40)20-35-29(2)12-13-34-27(31)17-29/h14,22-27,32,34-36,38,41H,4-13,15-21,31H2,1-3H3,(H,39,40)/p+1. The zero-order valence-corrected chi connectivity index (χ0v) is 25.8. The summed E-state index contributed by atoms with van der Waals surface area (Å²) >= 11 is 0. The van der Waals surface area contributed by atoms with Crippen LogP contribution >= 0.6 is 0 Å². The minimum atomic E-state index is -1.25. The Morgan fingerprint density at radius 3 is 2.76 bits per heavy atom. The molecule has 10 N–H and O–H groups in total. The van der Waals surface area contributed by atoms with E-state index in [0.717, 1.165) is 90.5 Å². The number of piperidine rings is 2. The summed E-state index contributed by atoms with van der Waals surface area (Å²) in [6.45, 7) is 8.03. The molecule has 0 aromatic rings. The van der Waals surface area contributed by atoms with Crippen molar-refractivity contribution >= 4 is 12.2 Å². The van der Waals surface area contributed by atoms with E-state index in [0.29, 0.717) is 24.4 Å². The van der Waals surface area contributed by atoms with Gasteiger partial charge in [0.25, 0.3) is 0 Å². The summed E-state index contributed by atoms with van der Waals surface area (Å²) < 4.78 is 0. The van der Waals surface area contributed by atoms with Crippen molar-refractivity contribution in [2.24, 2.45) is 16.6 Å². The molecule has 41 heavy (non-hydrogen) atoms. The van der Waals surface area contributed by atoms with Crippen molar-refractivity contribution in [3.63, 3.8) is 0 Å². The maximum absolute atomic E-state index is 11.5. The molecule has 3 aliphatic heterocycles. The van der Waals surface area contributed by atoms with E-state index in [9.17, 15) is 20.1 Å². The zero-order chi connectivity index (χ0) is 29.9. The van der Waals surface area contributed by atoms with Crippen LogP contribution in [0.15, 0.2) is 4.99 Å². The topological polar surface area (TPSA) is 169 Å². The van der Waals surface area contributed by atoms with Gasteiger partial charge in [0, 0.05) is 24.5 Å². The summed E-state index contributed by atoms with van der Waals surface area (Å²) in [5.41, 5.74) is 4.61. The summed E-state index contributed by atoms with van der Waals surface area (Å²) in [5.74, 6) is -0.367. The van der Waals surface area contributed by atoms with Crippen LogP contribution in [0, 0.1) is 5.92 Å². The van der Waals surface area contributed by atoms with Crippen LogP contribution in [-0.2, 0) is 4.79 Å². The van der Waals surface area contributed by atoms with E-state index in [1.807, 2.05) is 13.3 Å². The van der Waals surface area contributed by atoms with Crippen LogP contribution in [0.25, 0.3) is 0 Å². The van der Waals surface area contributed by atoms with E-state index in [-0.39, 0.29) is 36.8 Å². The fraction of sp³-hybridized carbons (Fsp3) is 0.933. The molecule has 0 spiro atoms. The number of hydrogen-bond donors (Lipinski definition) is 9. The maximum Gasteiger partial charge on any atom is 0.306 e. The molecule has 2 fully saturated rings. The first-order valence-electron chi connectivity index (χ1n) is 16.1. The highest BCUT2D eigenvalue weighted by Crippen LogP contribution is 2.25. The van der Waals surface area contributed by atoms with Crippen LogP contribution in [0.1, 0.15) is 90.9 Å². The van der Waals surface area contributed by atoms with Gasteiger partial charge in [0.05, 0.1) is 36.5 Å². The largest absolute Gasteiger partial charge is 0.481 e. The number of hydrogen-bond acceptors (Lipinski definition) is 9. The second kappa shape index (κ2) is 16.6. The van der Waals surface area contributed by atoms with Crippen LogP contribution in [0.5, 0.6) is 0 Å². The third-order valence-electron chi connectivity index (χ3n) is 9.80. The molecule has 0 radical (unpaired) electrons. The van der Waals surface area contributed by atoms with Crippen LogP contribution < -0.4 is 31.9 Å². The fourth-order valence-corrected chi connectivity index (χ4v) is 7.17. The Morgan fingerprint density at radius 1 is 1.29 bits per heavy atom. The molecule has 3 heterocycles. The smallest absolute Gasteiger partial charge is 0.306 e. The molecule has 0 bridgehead atoms. The lowest BCUT2D eigenvalue weighted by Crippen LogP contribution is -3.16. The third-order valence-corrected chi connectivity index (χ3v) is 9.80. The van der Waals surface area contributed by atoms with Crippen molar-refractivity contribution in [3.8, 4) is 0 Å². The summed E-state index contributed by atoms with van der Waals surface area (Å²) in [4.78, 5) is 17.4. The number of carboxylic acids is 1. The molecule has 238 valence electrons. The number of aliphatic imine (C=N–C) groups is 1. The number of aliphatic hydroxyl groups excluding tert-OH is 1. The lowest BCUT2D eigenvalue weighted by molar-refractivity contribution is -0.914. The SMILES string of the molecule is CNCC(CCCCCCC(O)(CNC1(C)CCNC(N)C1)CC(=O)O)CCC1NC(C)C(O)CC1[NH+]1CC=NC1. The monoisotopic (exact) mass is 582 g/mol. The Bertz CT molecular complexity index is 812. The van der Waals surface area contributed by atoms with E-state index in [1.54, 1.807) is 0 Å². The predicted octanol–water partition coefficient (Wildman–Crippen LogP) is -0.428. The molecule has 3 aliphatic rings. The lowest BCUT2D eigenvalue weighted by atomic mass is 9.85. The van der Waals surface area contributed by atoms with Gasteiger partial charge in [0.15, 0.2) is 6.67 Å². The molecule has 0 aromatic carbocycles. The molecule has 0 amide bonds. The second-order valence-corrected chi connectivity index (χ2v) is 13.5. The zero-order valence-electron chi connectivity index (χ0n) is 25.8. The number of carbonyl (C=O) groups is 1. The van der Waals surface area contributed by atoms with Crippen LogP contribution in [0.4, 0.5) is 0 Å². The van der Waals surface area contributed by atoms with Gasteiger partial charge < -0.3 is 47.2 Å². The van der Waals surface area contributed by atoms with E-state index in [4.69, 9.17) is 5.73 Å². The summed E-state index contributed by atoms with van der Waals surface area (Å²) in [6, 6.07) is 0.914. The molecular formula is C30H60N7O4+. The Morgan fingerprint density at radius 2 is 2.07 bits per heavy atom. The van der Waals surface area contributed by atoms with Crippen molar-refractivity contribution in [1.82, 2.24) is 21.3 Å². The average molecular weight is 583 g/mol. The van der Waals surface area contributed by atoms with Crippen molar-refractivity contribution < 1.29 is 25.0 Å². The number of nitrogens with one attached hydrogen (secondary N) is 5. The molecule has 9 atom stereocenters. The number of quaternary nitrogens is 1. The van der Waals surface area contributed by atoms with Crippen LogP contribution in [0.3, 0.4) is 0 Å². The third kappa shape index (κ3) is 11.4. The van der Waals surface area contributed by atoms with Gasteiger partial charge in [0.2, 0.25) is 0 Å². The molecule has 11 nitrogen and oxygen atoms in total. The Labute approximate surface area is 247 Å². The molecular weight excluding hydrogens is 522 g/mol. The minimum absolute atomic E-state index is 0.0850. The van der Waals surface area contributed by atoms with Crippen LogP contribution in [0.2, 0.25) is 0 Å². The summed E-state index contributed by atoms with van der Waals surface area (Å²) in [7, 11) is 2.02. The Balaban J connectivity index is 1.39. The van der Waals surface area contributed by atoms with Gasteiger partial charge in [-0.05, 0) is 78.4 Å². The molecule has 0 aromatic heterocycles. The maximum atomic E-state index is 11.5. The van der Waals surface area contributed by atoms with Gasteiger partial charge in [-0.25, -0.2) is 4.99 Å². The molecule has 2 saturated heterocycles. The number of aliphatic hydroxyl groups is 2. The highest BCUT2D eigenvalue weighted by molar-refractivity contribution is 5.68. The number of rotatable bonds is 18. The number of aliphatic carboxylic acids is 1. The lowest BCUT2D eigenvalue weighted by Gasteiger charge is -2.41. The van der Waals surface area contributed by atoms with Crippen molar-refractivity contribution in [2.75, 3.05) is 39.9 Å². The van der Waals surface area contributed by atoms with E-state index < -0.39 is 11.6 Å². The summed E-state index contributed by atoms with van der Waals surface area (Å²) in [6.07, 6.45) is 11.8. The minimum Gasteiger partial charge on any atom is -0.481 e. The summed E-state index contributed by atoms with van der Waals surface area (Å²) in [5, 5.41) is 44.9. The molecule has 9 unspecified atom stereocenters. The van der Waals surface area contributed by atoms with Gasteiger partial charge in [-0.15, -0.1) is 0 Å². The van der Waals surface area contributed by atoms with Gasteiger partial charge in [-0.1, -0.05) is 25.7 Å². The quantitative estimate of drug-likeness (QED) is 0.0974. The molecule has 3 rings (SSSR count). The average Bonchev–Trinajstić information content (AvgIpc) is 3.44. The molecule has 0 aliphatic carbocycles. The van der Waals surface area contributed by atoms with E-state index in [2.05, 4.69) is 40.1 Å². The van der Waals surface area contributed by atoms with Gasteiger partial charge in [0.1, 0.15) is 12.6 Å². The van der Waals surface area contributed by atoms with Crippen molar-refractivity contribution in [1.29, 1.82) is 0 Å². The number of β-amino-alcohol motifs (C(OH)–C–C–N with tert-alkyl or cyclic N) is 1. The van der Waals surface area contributed by atoms with Crippen molar-refractivity contribution in [2.45, 2.75) is 132 Å². The molecule has 0 saturated carbocycles. The highest BCUT2D eigenvalue weighted by Gasteiger charge is 2.40. The first kappa shape index (κ1) is 34.3. The Hall–Kier alpha value is -1.18. The van der Waals surface area contributed by atoms with Crippen LogP contribution in [-0.4, -0.2) is 109 Å². The molecule has 11 heteroatoms. The number of carboxylic acid groups (broad SMARTS) is 1. The normalized spacial score (nSPS) is 34.4. The fourth-order valence-electron chi connectivity index (χ4n) is 7.17. The van der Waals surface area contributed by atoms with Gasteiger partial charge in [-0.3, -0.25) is 4.79 Å². The predicted molar refractivity (Wildman–Crippen MR) is 163 cm³/mol. The first-order valence-corrected chi connectivity index (χ1v) is 16.1. The highest BCUT2D eigenvalue weighted by atomic mass is 16.4. The Kier molecular flexibility index (Phi) is 13.9.